The molecule has 1 N–H and O–H groups in total. The highest BCUT2D eigenvalue weighted by Crippen LogP contribution is 2.28. The first-order chi connectivity index (χ1) is 15.6. The van der Waals surface area contributed by atoms with Crippen LogP contribution in [0.25, 0.3) is 0 Å². The van der Waals surface area contributed by atoms with E-state index in [4.69, 9.17) is 14.2 Å². The van der Waals surface area contributed by atoms with E-state index < -0.39 is 5.97 Å². The van der Waals surface area contributed by atoms with E-state index >= 15 is 0 Å². The molecule has 0 saturated carbocycles. The van der Waals surface area contributed by atoms with Crippen LogP contribution < -0.4 is 14.8 Å². The average molecular weight is 434 g/mol. The smallest absolute Gasteiger partial charge is 0.307 e. The summed E-state index contributed by atoms with van der Waals surface area (Å²) < 4.78 is 15.7. The normalized spacial score (nSPS) is 10.5. The van der Waals surface area contributed by atoms with E-state index in [-0.39, 0.29) is 31.4 Å². The number of hydrogen-bond acceptors (Lipinski definition) is 5. The summed E-state index contributed by atoms with van der Waals surface area (Å²) in [7, 11) is 3.12. The lowest BCUT2D eigenvalue weighted by Gasteiger charge is -2.17. The molecule has 0 fully saturated rings. The average Bonchev–Trinajstić information content (AvgIpc) is 2.85. The van der Waals surface area contributed by atoms with Crippen LogP contribution in [0.5, 0.6) is 11.5 Å². The van der Waals surface area contributed by atoms with Crippen LogP contribution in [0.1, 0.15) is 29.0 Å². The van der Waals surface area contributed by atoms with E-state index in [1.807, 2.05) is 66.7 Å². The highest BCUT2D eigenvalue weighted by molar-refractivity contribution is 5.80. The van der Waals surface area contributed by atoms with Crippen LogP contribution in [-0.4, -0.2) is 32.7 Å². The van der Waals surface area contributed by atoms with Gasteiger partial charge in [-0.2, -0.15) is 0 Å². The molecule has 3 aromatic carbocycles. The van der Waals surface area contributed by atoms with Gasteiger partial charge in [0.2, 0.25) is 0 Å². The Morgan fingerprint density at radius 3 is 1.97 bits per heavy atom. The van der Waals surface area contributed by atoms with Crippen molar-refractivity contribution in [3.63, 3.8) is 0 Å². The molecule has 0 aromatic heterocycles. The Morgan fingerprint density at radius 2 is 1.41 bits per heavy atom. The molecule has 3 aromatic rings. The van der Waals surface area contributed by atoms with Crippen molar-refractivity contribution < 1.29 is 23.8 Å². The number of nitrogens with one attached hydrogen (secondary N) is 1. The summed E-state index contributed by atoms with van der Waals surface area (Å²) in [5.41, 5.74) is 2.89. The topological polar surface area (TPSA) is 73.9 Å². The van der Waals surface area contributed by atoms with Crippen molar-refractivity contribution in [1.29, 1.82) is 0 Å². The SMILES string of the molecule is COc1ccc(CNC(=O)COC(=O)CC(c2ccccc2)c2ccccc2)cc1OC. The summed E-state index contributed by atoms with van der Waals surface area (Å²) in [5.74, 6) is 0.259. The van der Waals surface area contributed by atoms with Crippen molar-refractivity contribution >= 4 is 11.9 Å². The number of ether oxygens (including phenoxy) is 3. The van der Waals surface area contributed by atoms with Gasteiger partial charge < -0.3 is 19.5 Å². The Kier molecular flexibility index (Phi) is 8.26. The molecular formula is C26H27NO5. The fraction of sp³-hybridized carbons (Fsp3) is 0.231. The van der Waals surface area contributed by atoms with Crippen molar-refractivity contribution in [2.75, 3.05) is 20.8 Å². The van der Waals surface area contributed by atoms with Crippen molar-refractivity contribution in [2.24, 2.45) is 0 Å². The molecule has 0 unspecified atom stereocenters. The Bertz CT molecular complexity index is 981. The van der Waals surface area contributed by atoms with Gasteiger partial charge in [-0.1, -0.05) is 66.7 Å². The molecular weight excluding hydrogens is 406 g/mol. The summed E-state index contributed by atoms with van der Waals surface area (Å²) in [6.45, 7) is -0.0458. The monoisotopic (exact) mass is 433 g/mol. The van der Waals surface area contributed by atoms with E-state index in [0.29, 0.717) is 11.5 Å². The molecule has 6 nitrogen and oxygen atoms in total. The van der Waals surface area contributed by atoms with Crippen LogP contribution in [0.2, 0.25) is 0 Å². The minimum absolute atomic E-state index is 0.139. The lowest BCUT2D eigenvalue weighted by atomic mass is 9.89. The molecule has 166 valence electrons. The predicted octanol–water partition coefficient (Wildman–Crippen LogP) is 4.09. The largest absolute Gasteiger partial charge is 0.493 e. The van der Waals surface area contributed by atoms with Crippen LogP contribution in [0.3, 0.4) is 0 Å². The van der Waals surface area contributed by atoms with Gasteiger partial charge in [0.05, 0.1) is 20.6 Å². The van der Waals surface area contributed by atoms with Gasteiger partial charge in [-0.3, -0.25) is 9.59 Å². The summed E-state index contributed by atoms with van der Waals surface area (Å²) >= 11 is 0. The number of carbonyl (C=O) groups is 2. The summed E-state index contributed by atoms with van der Waals surface area (Å²) in [5, 5.41) is 2.75. The van der Waals surface area contributed by atoms with Crippen LogP contribution in [-0.2, 0) is 20.9 Å². The molecule has 0 spiro atoms. The number of hydrogen-bond donors (Lipinski definition) is 1. The van der Waals surface area contributed by atoms with Gasteiger partial charge in [0.25, 0.3) is 5.91 Å². The molecule has 0 aliphatic heterocycles. The molecule has 0 bridgehead atoms. The highest BCUT2D eigenvalue weighted by atomic mass is 16.5. The van der Waals surface area contributed by atoms with E-state index in [2.05, 4.69) is 5.32 Å². The predicted molar refractivity (Wildman–Crippen MR) is 122 cm³/mol. The minimum atomic E-state index is -0.427. The third-order valence-electron chi connectivity index (χ3n) is 5.08. The highest BCUT2D eigenvalue weighted by Gasteiger charge is 2.19. The van der Waals surface area contributed by atoms with Gasteiger partial charge >= 0.3 is 5.97 Å². The van der Waals surface area contributed by atoms with Crippen LogP contribution >= 0.6 is 0 Å². The maximum Gasteiger partial charge on any atom is 0.307 e. The maximum atomic E-state index is 12.5. The summed E-state index contributed by atoms with van der Waals surface area (Å²) in [6, 6.07) is 25.0. The first-order valence-corrected chi connectivity index (χ1v) is 10.3. The minimum Gasteiger partial charge on any atom is -0.493 e. The number of methoxy groups -OCH3 is 2. The zero-order valence-corrected chi connectivity index (χ0v) is 18.2. The van der Waals surface area contributed by atoms with Gasteiger partial charge in [-0.15, -0.1) is 0 Å². The molecule has 0 atom stereocenters. The van der Waals surface area contributed by atoms with E-state index in [1.165, 1.54) is 0 Å². The molecule has 6 heteroatoms. The van der Waals surface area contributed by atoms with Gasteiger partial charge in [0.15, 0.2) is 18.1 Å². The standard InChI is InChI=1S/C26H27NO5/c1-30-23-14-13-19(15-24(23)31-2)17-27-25(28)18-32-26(29)16-22(20-9-5-3-6-10-20)21-11-7-4-8-12-21/h3-15,22H,16-18H2,1-2H3,(H,27,28). The van der Waals surface area contributed by atoms with Gasteiger partial charge in [0, 0.05) is 12.5 Å². The fourth-order valence-electron chi connectivity index (χ4n) is 3.41. The summed E-state index contributed by atoms with van der Waals surface area (Å²) in [6.07, 6.45) is 0.150. The molecule has 0 aliphatic carbocycles. The first kappa shape index (κ1) is 22.9. The lowest BCUT2D eigenvalue weighted by molar-refractivity contribution is -0.148. The molecule has 1 amide bonds. The second-order valence-corrected chi connectivity index (χ2v) is 7.20. The number of esters is 1. The molecule has 32 heavy (non-hydrogen) atoms. The summed E-state index contributed by atoms with van der Waals surface area (Å²) in [4.78, 5) is 24.7. The lowest BCUT2D eigenvalue weighted by Crippen LogP contribution is -2.28. The van der Waals surface area contributed by atoms with Crippen molar-refractivity contribution in [2.45, 2.75) is 18.9 Å². The van der Waals surface area contributed by atoms with Gasteiger partial charge in [-0.25, -0.2) is 0 Å². The number of rotatable bonds is 10. The van der Waals surface area contributed by atoms with Crippen molar-refractivity contribution in [1.82, 2.24) is 5.32 Å². The van der Waals surface area contributed by atoms with Gasteiger partial charge in [-0.05, 0) is 28.8 Å². The molecule has 0 heterocycles. The third-order valence-corrected chi connectivity index (χ3v) is 5.08. The Morgan fingerprint density at radius 1 is 0.812 bits per heavy atom. The number of carbonyl (C=O) groups excluding carboxylic acids is 2. The van der Waals surface area contributed by atoms with Crippen molar-refractivity contribution in [3.8, 4) is 11.5 Å². The van der Waals surface area contributed by atoms with E-state index in [0.717, 1.165) is 16.7 Å². The van der Waals surface area contributed by atoms with Crippen molar-refractivity contribution in [3.05, 3.63) is 95.6 Å². The first-order valence-electron chi connectivity index (χ1n) is 10.3. The molecule has 0 aliphatic rings. The maximum absolute atomic E-state index is 12.5. The zero-order valence-electron chi connectivity index (χ0n) is 18.2. The molecule has 0 radical (unpaired) electrons. The fourth-order valence-corrected chi connectivity index (χ4v) is 3.41. The number of benzene rings is 3. The van der Waals surface area contributed by atoms with E-state index in [9.17, 15) is 9.59 Å². The second kappa shape index (κ2) is 11.6. The zero-order chi connectivity index (χ0) is 22.8. The Balaban J connectivity index is 1.53. The second-order valence-electron chi connectivity index (χ2n) is 7.20. The van der Waals surface area contributed by atoms with Gasteiger partial charge in [0.1, 0.15) is 0 Å². The Labute approximate surface area is 188 Å². The number of amides is 1. The van der Waals surface area contributed by atoms with Crippen LogP contribution in [0.15, 0.2) is 78.9 Å². The molecule has 3 rings (SSSR count). The quantitative estimate of drug-likeness (QED) is 0.488. The third kappa shape index (κ3) is 6.35. The van der Waals surface area contributed by atoms with Crippen LogP contribution in [0.4, 0.5) is 0 Å². The van der Waals surface area contributed by atoms with E-state index in [1.54, 1.807) is 26.4 Å². The Hall–Kier alpha value is -3.80. The van der Waals surface area contributed by atoms with Crippen LogP contribution in [0, 0.1) is 0 Å². The molecule has 0 saturated heterocycles.